The first-order chi connectivity index (χ1) is 7.19. The molecule has 0 aromatic heterocycles. The van der Waals surface area contributed by atoms with Gasteiger partial charge in [0.05, 0.1) is 16.7 Å². The van der Waals surface area contributed by atoms with Crippen LogP contribution >= 0.6 is 23.2 Å². The van der Waals surface area contributed by atoms with Gasteiger partial charge >= 0.3 is 0 Å². The molecule has 1 rings (SSSR count). The number of ether oxygens (including phenoxy) is 1. The van der Waals surface area contributed by atoms with Crippen LogP contribution in [0.25, 0.3) is 0 Å². The second kappa shape index (κ2) is 6.21. The van der Waals surface area contributed by atoms with Gasteiger partial charge in [0.2, 0.25) is 0 Å². The summed E-state index contributed by atoms with van der Waals surface area (Å²) in [4.78, 5) is 0. The van der Waals surface area contributed by atoms with Gasteiger partial charge in [0, 0.05) is 6.07 Å². The van der Waals surface area contributed by atoms with E-state index in [9.17, 15) is 0 Å². The molecule has 0 aliphatic carbocycles. The molecule has 1 aromatic rings. The number of hydrogen-bond donors (Lipinski definition) is 1. The maximum Gasteiger partial charge on any atom is 0.124 e. The summed E-state index contributed by atoms with van der Waals surface area (Å²) in [5, 5.41) is 1.06. The number of rotatable bonds is 5. The lowest BCUT2D eigenvalue weighted by Crippen LogP contribution is -2.06. The zero-order valence-electron chi connectivity index (χ0n) is 8.72. The first-order valence-corrected chi connectivity index (χ1v) is 5.75. The summed E-state index contributed by atoms with van der Waals surface area (Å²) in [7, 11) is 0. The lowest BCUT2D eigenvalue weighted by molar-refractivity contribution is 0.314. The van der Waals surface area contributed by atoms with E-state index < -0.39 is 0 Å². The summed E-state index contributed by atoms with van der Waals surface area (Å²) in [5.74, 6) is 0.789. The number of benzene rings is 1. The van der Waals surface area contributed by atoms with Crippen LogP contribution < -0.4 is 10.5 Å². The van der Waals surface area contributed by atoms with Gasteiger partial charge in [-0.1, -0.05) is 30.1 Å². The van der Waals surface area contributed by atoms with Crippen molar-refractivity contribution in [1.82, 2.24) is 0 Å². The molecule has 0 spiro atoms. The molecule has 0 atom stereocenters. The van der Waals surface area contributed by atoms with Crippen LogP contribution in [0.2, 0.25) is 10.0 Å². The molecule has 4 heteroatoms. The molecule has 0 saturated carbocycles. The fourth-order valence-corrected chi connectivity index (χ4v) is 1.61. The highest BCUT2D eigenvalue weighted by molar-refractivity contribution is 6.42. The van der Waals surface area contributed by atoms with Gasteiger partial charge in [-0.2, -0.15) is 0 Å². The molecule has 2 nitrogen and oxygen atoms in total. The Kier molecular flexibility index (Phi) is 5.23. The molecule has 0 unspecified atom stereocenters. The van der Waals surface area contributed by atoms with Crippen LogP contribution in [0.1, 0.15) is 18.9 Å². The van der Waals surface area contributed by atoms with E-state index in [1.165, 1.54) is 0 Å². The smallest absolute Gasteiger partial charge is 0.124 e. The van der Waals surface area contributed by atoms with Crippen LogP contribution in [0.4, 0.5) is 0 Å². The quantitative estimate of drug-likeness (QED) is 0.867. The molecule has 0 aliphatic heterocycles. The summed E-state index contributed by atoms with van der Waals surface area (Å²) in [6, 6.07) is 3.58. The van der Waals surface area contributed by atoms with Crippen molar-refractivity contribution in [3.63, 3.8) is 0 Å². The Bertz CT molecular complexity index is 329. The van der Waals surface area contributed by atoms with Crippen LogP contribution in [-0.4, -0.2) is 13.2 Å². The van der Waals surface area contributed by atoms with E-state index in [0.29, 0.717) is 23.2 Å². The summed E-state index contributed by atoms with van der Waals surface area (Å²) < 4.78 is 5.58. The van der Waals surface area contributed by atoms with Gasteiger partial charge in [0.25, 0.3) is 0 Å². The Morgan fingerprint density at radius 1 is 1.27 bits per heavy atom. The van der Waals surface area contributed by atoms with Crippen molar-refractivity contribution in [2.75, 3.05) is 13.2 Å². The molecule has 0 fully saturated rings. The molecular weight excluding hydrogens is 233 g/mol. The van der Waals surface area contributed by atoms with Gasteiger partial charge in [0.1, 0.15) is 5.75 Å². The third kappa shape index (κ3) is 3.56. The number of nitrogens with two attached hydrogens (primary N) is 1. The molecule has 0 saturated heterocycles. The minimum absolute atomic E-state index is 0.517. The second-order valence-electron chi connectivity index (χ2n) is 3.26. The van der Waals surface area contributed by atoms with E-state index >= 15 is 0 Å². The average Bonchev–Trinajstić information content (AvgIpc) is 2.21. The minimum Gasteiger partial charge on any atom is -0.493 e. The number of hydrogen-bond acceptors (Lipinski definition) is 2. The topological polar surface area (TPSA) is 35.2 Å². The van der Waals surface area contributed by atoms with E-state index in [1.54, 1.807) is 6.07 Å². The largest absolute Gasteiger partial charge is 0.493 e. The monoisotopic (exact) mass is 247 g/mol. The Morgan fingerprint density at radius 2 is 1.93 bits per heavy atom. The minimum atomic E-state index is 0.517. The lowest BCUT2D eigenvalue weighted by atomic mass is 10.1. The van der Waals surface area contributed by atoms with Gasteiger partial charge < -0.3 is 10.5 Å². The van der Waals surface area contributed by atoms with Crippen LogP contribution in [0.5, 0.6) is 5.75 Å². The molecule has 0 heterocycles. The highest BCUT2D eigenvalue weighted by Gasteiger charge is 2.07. The SMILES string of the molecule is CCCOc1cc(Cl)c(Cl)cc1CCN. The van der Waals surface area contributed by atoms with Gasteiger partial charge in [-0.25, -0.2) is 0 Å². The lowest BCUT2D eigenvalue weighted by Gasteiger charge is -2.11. The zero-order valence-corrected chi connectivity index (χ0v) is 10.2. The summed E-state index contributed by atoms with van der Waals surface area (Å²) in [6.45, 7) is 3.30. The third-order valence-corrected chi connectivity index (χ3v) is 2.70. The van der Waals surface area contributed by atoms with Crippen molar-refractivity contribution in [1.29, 1.82) is 0 Å². The Hall–Kier alpha value is -0.440. The Labute approximate surface area is 100 Å². The molecule has 0 aliphatic rings. The summed E-state index contributed by atoms with van der Waals surface area (Å²) >= 11 is 11.8. The van der Waals surface area contributed by atoms with Crippen LogP contribution in [0, 0.1) is 0 Å². The molecule has 84 valence electrons. The standard InChI is InChI=1S/C11H15Cl2NO/c1-2-5-15-11-7-10(13)9(12)6-8(11)3-4-14/h6-7H,2-5,14H2,1H3. The van der Waals surface area contributed by atoms with E-state index in [0.717, 1.165) is 24.2 Å². The molecule has 1 aromatic carbocycles. The van der Waals surface area contributed by atoms with E-state index in [2.05, 4.69) is 6.92 Å². The molecule has 0 amide bonds. The van der Waals surface area contributed by atoms with Gasteiger partial charge in [-0.05, 0) is 31.0 Å². The Morgan fingerprint density at radius 3 is 2.53 bits per heavy atom. The zero-order chi connectivity index (χ0) is 11.3. The fourth-order valence-electron chi connectivity index (χ4n) is 1.27. The number of halogens is 2. The van der Waals surface area contributed by atoms with E-state index in [4.69, 9.17) is 33.7 Å². The second-order valence-corrected chi connectivity index (χ2v) is 4.08. The predicted octanol–water partition coefficient (Wildman–Crippen LogP) is 3.28. The van der Waals surface area contributed by atoms with Crippen LogP contribution in [0.15, 0.2) is 12.1 Å². The van der Waals surface area contributed by atoms with E-state index in [-0.39, 0.29) is 0 Å². The van der Waals surface area contributed by atoms with Crippen molar-refractivity contribution >= 4 is 23.2 Å². The normalized spacial score (nSPS) is 10.4. The van der Waals surface area contributed by atoms with Crippen molar-refractivity contribution in [3.05, 3.63) is 27.7 Å². The fraction of sp³-hybridized carbons (Fsp3) is 0.455. The van der Waals surface area contributed by atoms with Crippen molar-refractivity contribution in [2.24, 2.45) is 5.73 Å². The highest BCUT2D eigenvalue weighted by atomic mass is 35.5. The maximum atomic E-state index is 5.93. The molecular formula is C11H15Cl2NO. The molecule has 15 heavy (non-hydrogen) atoms. The molecule has 0 radical (unpaired) electrons. The Balaban J connectivity index is 2.93. The first kappa shape index (κ1) is 12.6. The van der Waals surface area contributed by atoms with Crippen molar-refractivity contribution in [3.8, 4) is 5.75 Å². The van der Waals surface area contributed by atoms with Gasteiger partial charge in [-0.15, -0.1) is 0 Å². The first-order valence-electron chi connectivity index (χ1n) is 4.99. The van der Waals surface area contributed by atoms with Crippen LogP contribution in [0.3, 0.4) is 0 Å². The van der Waals surface area contributed by atoms with Gasteiger partial charge in [-0.3, -0.25) is 0 Å². The molecule has 0 bridgehead atoms. The highest BCUT2D eigenvalue weighted by Crippen LogP contribution is 2.30. The molecule has 2 N–H and O–H groups in total. The average molecular weight is 248 g/mol. The summed E-state index contributed by atoms with van der Waals surface area (Å²) in [5.41, 5.74) is 6.53. The van der Waals surface area contributed by atoms with E-state index in [1.807, 2.05) is 6.07 Å². The van der Waals surface area contributed by atoms with Crippen molar-refractivity contribution < 1.29 is 4.74 Å². The summed E-state index contributed by atoms with van der Waals surface area (Å²) in [6.07, 6.45) is 1.71. The predicted molar refractivity (Wildman–Crippen MR) is 65.0 cm³/mol. The van der Waals surface area contributed by atoms with Crippen molar-refractivity contribution in [2.45, 2.75) is 19.8 Å². The maximum absolute atomic E-state index is 5.93. The van der Waals surface area contributed by atoms with Crippen LogP contribution in [-0.2, 0) is 6.42 Å². The third-order valence-electron chi connectivity index (χ3n) is 1.98. The van der Waals surface area contributed by atoms with Gasteiger partial charge in [0.15, 0.2) is 0 Å².